The van der Waals surface area contributed by atoms with Crippen LogP contribution < -0.4 is 5.63 Å². The van der Waals surface area contributed by atoms with Crippen molar-refractivity contribution in [2.45, 2.75) is 0 Å². The monoisotopic (exact) mass is 274 g/mol. The van der Waals surface area contributed by atoms with E-state index in [1.165, 1.54) is 6.07 Å². The number of benzene rings is 1. The molecule has 0 bridgehead atoms. The van der Waals surface area contributed by atoms with Crippen molar-refractivity contribution in [3.05, 3.63) is 38.1 Å². The average Bonchev–Trinajstić information content (AvgIpc) is 2.14. The summed E-state index contributed by atoms with van der Waals surface area (Å²) >= 11 is 8.64. The van der Waals surface area contributed by atoms with Gasteiger partial charge in [0, 0.05) is 11.1 Å². The maximum Gasteiger partial charge on any atom is 0.354 e. The molecule has 0 amide bonds. The van der Waals surface area contributed by atoms with E-state index in [2.05, 4.69) is 15.9 Å². The van der Waals surface area contributed by atoms with Crippen molar-refractivity contribution in [3.63, 3.8) is 0 Å². The zero-order valence-electron chi connectivity index (χ0n) is 6.75. The minimum Gasteiger partial charge on any atom is -0.506 e. The van der Waals surface area contributed by atoms with E-state index in [0.29, 0.717) is 10.4 Å². The Balaban J connectivity index is 2.98. The van der Waals surface area contributed by atoms with Gasteiger partial charge in [-0.2, -0.15) is 0 Å². The molecule has 14 heavy (non-hydrogen) atoms. The predicted molar refractivity (Wildman–Crippen MR) is 56.9 cm³/mol. The zero-order chi connectivity index (χ0) is 10.3. The van der Waals surface area contributed by atoms with Crippen LogP contribution >= 0.6 is 27.5 Å². The van der Waals surface area contributed by atoms with Gasteiger partial charge >= 0.3 is 5.63 Å². The largest absolute Gasteiger partial charge is 0.506 e. The van der Waals surface area contributed by atoms with Crippen molar-refractivity contribution in [1.29, 1.82) is 0 Å². The SMILES string of the molecule is O=c1oc2cc(Cl)ccc2c(O)c1Br. The first-order chi connectivity index (χ1) is 6.59. The number of hydrogen-bond donors (Lipinski definition) is 1. The minimum atomic E-state index is -0.628. The third-order valence-corrected chi connectivity index (χ3v) is 2.72. The van der Waals surface area contributed by atoms with Gasteiger partial charge in [0.05, 0.1) is 5.39 Å². The summed E-state index contributed by atoms with van der Waals surface area (Å²) in [6.07, 6.45) is 0. The van der Waals surface area contributed by atoms with Gasteiger partial charge < -0.3 is 9.52 Å². The predicted octanol–water partition coefficient (Wildman–Crippen LogP) is 2.91. The topological polar surface area (TPSA) is 50.4 Å². The van der Waals surface area contributed by atoms with Crippen LogP contribution in [-0.2, 0) is 0 Å². The third-order valence-electron chi connectivity index (χ3n) is 1.79. The van der Waals surface area contributed by atoms with Crippen molar-refractivity contribution >= 4 is 38.5 Å². The molecule has 0 saturated carbocycles. The lowest BCUT2D eigenvalue weighted by molar-refractivity contribution is 0.462. The van der Waals surface area contributed by atoms with Crippen molar-refractivity contribution in [2.75, 3.05) is 0 Å². The Hall–Kier alpha value is -1.00. The molecule has 1 aromatic carbocycles. The van der Waals surface area contributed by atoms with Crippen LogP contribution in [0.5, 0.6) is 5.75 Å². The molecule has 2 aromatic rings. The summed E-state index contributed by atoms with van der Waals surface area (Å²) in [4.78, 5) is 11.1. The summed E-state index contributed by atoms with van der Waals surface area (Å²) in [6, 6.07) is 4.67. The summed E-state index contributed by atoms with van der Waals surface area (Å²) in [7, 11) is 0. The van der Waals surface area contributed by atoms with Gasteiger partial charge in [0.15, 0.2) is 0 Å². The van der Waals surface area contributed by atoms with Gasteiger partial charge in [0.2, 0.25) is 0 Å². The molecule has 5 heteroatoms. The van der Waals surface area contributed by atoms with E-state index < -0.39 is 5.63 Å². The number of halogens is 2. The first-order valence-electron chi connectivity index (χ1n) is 3.70. The molecule has 0 unspecified atom stereocenters. The van der Waals surface area contributed by atoms with Gasteiger partial charge in [-0.25, -0.2) is 4.79 Å². The fraction of sp³-hybridized carbons (Fsp3) is 0. The zero-order valence-corrected chi connectivity index (χ0v) is 9.09. The van der Waals surface area contributed by atoms with E-state index >= 15 is 0 Å². The lowest BCUT2D eigenvalue weighted by Gasteiger charge is -2.01. The maximum atomic E-state index is 11.1. The fourth-order valence-corrected chi connectivity index (χ4v) is 1.59. The van der Waals surface area contributed by atoms with E-state index in [1.54, 1.807) is 12.1 Å². The smallest absolute Gasteiger partial charge is 0.354 e. The Bertz CT molecular complexity index is 562. The number of fused-ring (bicyclic) bond motifs is 1. The summed E-state index contributed by atoms with van der Waals surface area (Å²) in [6.45, 7) is 0. The van der Waals surface area contributed by atoms with Crippen molar-refractivity contribution in [2.24, 2.45) is 0 Å². The molecule has 1 aromatic heterocycles. The Labute approximate surface area is 92.0 Å². The van der Waals surface area contributed by atoms with Crippen molar-refractivity contribution in [3.8, 4) is 5.75 Å². The van der Waals surface area contributed by atoms with Gasteiger partial charge in [-0.3, -0.25) is 0 Å². The van der Waals surface area contributed by atoms with Crippen LogP contribution in [0.25, 0.3) is 11.0 Å². The first kappa shape index (κ1) is 9.55. The second-order valence-electron chi connectivity index (χ2n) is 2.69. The highest BCUT2D eigenvalue weighted by molar-refractivity contribution is 9.10. The number of aromatic hydroxyl groups is 1. The standard InChI is InChI=1S/C9H4BrClO3/c10-7-8(12)5-2-1-4(11)3-6(5)14-9(7)13/h1-3,12H. The number of rotatable bonds is 0. The Morgan fingerprint density at radius 2 is 2.14 bits per heavy atom. The molecule has 0 atom stereocenters. The van der Waals surface area contributed by atoms with Crippen molar-refractivity contribution in [1.82, 2.24) is 0 Å². The van der Waals surface area contributed by atoms with E-state index in [9.17, 15) is 9.90 Å². The summed E-state index contributed by atoms with van der Waals surface area (Å²) < 4.78 is 4.93. The highest BCUT2D eigenvalue weighted by atomic mass is 79.9. The molecule has 0 fully saturated rings. The lowest BCUT2D eigenvalue weighted by Crippen LogP contribution is -1.99. The Kier molecular flexibility index (Phi) is 2.25. The normalized spacial score (nSPS) is 10.7. The van der Waals surface area contributed by atoms with Crippen LogP contribution in [-0.4, -0.2) is 5.11 Å². The van der Waals surface area contributed by atoms with Gasteiger partial charge in [-0.05, 0) is 28.1 Å². The lowest BCUT2D eigenvalue weighted by atomic mass is 10.2. The first-order valence-corrected chi connectivity index (χ1v) is 4.87. The van der Waals surface area contributed by atoms with Gasteiger partial charge in [-0.15, -0.1) is 0 Å². The molecule has 0 aliphatic carbocycles. The van der Waals surface area contributed by atoms with E-state index in [-0.39, 0.29) is 15.8 Å². The van der Waals surface area contributed by atoms with Gasteiger partial charge in [-0.1, -0.05) is 11.6 Å². The molecule has 72 valence electrons. The van der Waals surface area contributed by atoms with Crippen LogP contribution in [0.4, 0.5) is 0 Å². The second-order valence-corrected chi connectivity index (χ2v) is 3.92. The third kappa shape index (κ3) is 1.40. The summed E-state index contributed by atoms with van der Waals surface area (Å²) in [5.74, 6) is -0.132. The Morgan fingerprint density at radius 1 is 1.43 bits per heavy atom. The molecule has 0 radical (unpaired) electrons. The molecule has 0 spiro atoms. The average molecular weight is 275 g/mol. The molecular weight excluding hydrogens is 271 g/mol. The second kappa shape index (κ2) is 3.29. The van der Waals surface area contributed by atoms with E-state index in [4.69, 9.17) is 16.0 Å². The number of hydrogen-bond acceptors (Lipinski definition) is 3. The fourth-order valence-electron chi connectivity index (χ4n) is 1.14. The molecule has 0 saturated heterocycles. The molecular formula is C9H4BrClO3. The van der Waals surface area contributed by atoms with Crippen LogP contribution in [0, 0.1) is 0 Å². The van der Waals surface area contributed by atoms with E-state index in [1.807, 2.05) is 0 Å². The molecule has 0 aliphatic heterocycles. The van der Waals surface area contributed by atoms with Crippen LogP contribution in [0.3, 0.4) is 0 Å². The summed E-state index contributed by atoms with van der Waals surface area (Å²) in [5, 5.41) is 10.5. The summed E-state index contributed by atoms with van der Waals surface area (Å²) in [5.41, 5.74) is -0.361. The Morgan fingerprint density at radius 3 is 2.86 bits per heavy atom. The van der Waals surface area contributed by atoms with Gasteiger partial charge in [0.1, 0.15) is 15.8 Å². The van der Waals surface area contributed by atoms with Crippen LogP contribution in [0.15, 0.2) is 31.9 Å². The van der Waals surface area contributed by atoms with Crippen molar-refractivity contribution < 1.29 is 9.52 Å². The molecule has 1 heterocycles. The molecule has 0 aliphatic rings. The van der Waals surface area contributed by atoms with Gasteiger partial charge in [0.25, 0.3) is 0 Å². The van der Waals surface area contributed by atoms with E-state index in [0.717, 1.165) is 0 Å². The minimum absolute atomic E-state index is 0.0207. The maximum absolute atomic E-state index is 11.1. The molecule has 3 nitrogen and oxygen atoms in total. The van der Waals surface area contributed by atoms with Crippen LogP contribution in [0.1, 0.15) is 0 Å². The van der Waals surface area contributed by atoms with Crippen LogP contribution in [0.2, 0.25) is 5.02 Å². The highest BCUT2D eigenvalue weighted by Gasteiger charge is 2.10. The molecule has 2 rings (SSSR count). The molecule has 1 N–H and O–H groups in total. The quantitative estimate of drug-likeness (QED) is 0.752. The highest BCUT2D eigenvalue weighted by Crippen LogP contribution is 2.30.